The summed E-state index contributed by atoms with van der Waals surface area (Å²) in [6, 6.07) is 16.3. The molecule has 0 amide bonds. The normalized spacial score (nSPS) is 10.5. The van der Waals surface area contributed by atoms with Crippen molar-refractivity contribution in [2.24, 2.45) is 0 Å². The van der Waals surface area contributed by atoms with Crippen LogP contribution in [0.5, 0.6) is 0 Å². The standard InChI is InChI=1S/C17H13BrO3/c18-15-8-6-14(7-9-15)16(19)10-11-17(20)21-12-13-4-2-1-3-5-13/h1-11H,12H2/b11-10+. The van der Waals surface area contributed by atoms with Gasteiger partial charge in [-0.2, -0.15) is 0 Å². The van der Waals surface area contributed by atoms with E-state index in [1.54, 1.807) is 24.3 Å². The summed E-state index contributed by atoms with van der Waals surface area (Å²) in [6.07, 6.45) is 2.36. The van der Waals surface area contributed by atoms with Crippen molar-refractivity contribution in [1.29, 1.82) is 0 Å². The van der Waals surface area contributed by atoms with Crippen LogP contribution in [0.3, 0.4) is 0 Å². The van der Waals surface area contributed by atoms with Crippen molar-refractivity contribution in [1.82, 2.24) is 0 Å². The molecule has 0 bridgehead atoms. The topological polar surface area (TPSA) is 43.4 Å². The fraction of sp³-hybridized carbons (Fsp3) is 0.0588. The van der Waals surface area contributed by atoms with Crippen molar-refractivity contribution in [3.63, 3.8) is 0 Å². The number of hydrogen-bond donors (Lipinski definition) is 0. The van der Waals surface area contributed by atoms with Gasteiger partial charge >= 0.3 is 5.97 Å². The molecule has 2 rings (SSSR count). The Morgan fingerprint density at radius 1 is 0.952 bits per heavy atom. The molecule has 0 saturated carbocycles. The summed E-state index contributed by atoms with van der Waals surface area (Å²) in [5.74, 6) is -0.775. The van der Waals surface area contributed by atoms with E-state index < -0.39 is 5.97 Å². The number of allylic oxidation sites excluding steroid dienone is 1. The second-order valence-electron chi connectivity index (χ2n) is 4.30. The Balaban J connectivity index is 1.87. The smallest absolute Gasteiger partial charge is 0.331 e. The first-order chi connectivity index (χ1) is 10.1. The van der Waals surface area contributed by atoms with E-state index in [-0.39, 0.29) is 12.4 Å². The van der Waals surface area contributed by atoms with Gasteiger partial charge in [0.25, 0.3) is 0 Å². The summed E-state index contributed by atoms with van der Waals surface area (Å²) in [7, 11) is 0. The quantitative estimate of drug-likeness (QED) is 0.469. The van der Waals surface area contributed by atoms with Crippen LogP contribution in [-0.4, -0.2) is 11.8 Å². The molecule has 3 nitrogen and oxygen atoms in total. The van der Waals surface area contributed by atoms with Gasteiger partial charge < -0.3 is 4.74 Å². The van der Waals surface area contributed by atoms with Crippen LogP contribution < -0.4 is 0 Å². The van der Waals surface area contributed by atoms with Crippen molar-refractivity contribution in [2.45, 2.75) is 6.61 Å². The molecule has 0 aliphatic heterocycles. The minimum absolute atomic E-state index is 0.191. The van der Waals surface area contributed by atoms with E-state index in [0.29, 0.717) is 5.56 Å². The van der Waals surface area contributed by atoms with Gasteiger partial charge in [-0.25, -0.2) is 4.79 Å². The highest BCUT2D eigenvalue weighted by molar-refractivity contribution is 9.10. The Hall–Kier alpha value is -2.20. The highest BCUT2D eigenvalue weighted by atomic mass is 79.9. The molecule has 0 saturated heterocycles. The predicted octanol–water partition coefficient (Wildman–Crippen LogP) is 3.93. The second kappa shape index (κ2) is 7.55. The van der Waals surface area contributed by atoms with Crippen LogP contribution >= 0.6 is 15.9 Å². The predicted molar refractivity (Wildman–Crippen MR) is 83.9 cm³/mol. The van der Waals surface area contributed by atoms with Gasteiger partial charge in [-0.1, -0.05) is 46.3 Å². The molecule has 21 heavy (non-hydrogen) atoms. The molecule has 2 aromatic rings. The minimum atomic E-state index is -0.538. The number of esters is 1. The van der Waals surface area contributed by atoms with E-state index in [2.05, 4.69) is 15.9 Å². The summed E-state index contributed by atoms with van der Waals surface area (Å²) < 4.78 is 5.94. The maximum absolute atomic E-state index is 11.8. The molecule has 0 heterocycles. The zero-order valence-corrected chi connectivity index (χ0v) is 12.7. The zero-order valence-electron chi connectivity index (χ0n) is 11.2. The van der Waals surface area contributed by atoms with E-state index in [0.717, 1.165) is 16.1 Å². The van der Waals surface area contributed by atoms with Gasteiger partial charge in [0.2, 0.25) is 0 Å². The van der Waals surface area contributed by atoms with E-state index in [1.807, 2.05) is 30.3 Å². The number of benzene rings is 2. The fourth-order valence-electron chi connectivity index (χ4n) is 1.63. The number of ether oxygens (including phenoxy) is 1. The van der Waals surface area contributed by atoms with Crippen LogP contribution in [0.2, 0.25) is 0 Å². The van der Waals surface area contributed by atoms with Gasteiger partial charge in [-0.05, 0) is 35.9 Å². The summed E-state index contributed by atoms with van der Waals surface area (Å²) in [5.41, 5.74) is 1.42. The molecular weight excluding hydrogens is 332 g/mol. The Morgan fingerprint density at radius 2 is 1.62 bits per heavy atom. The first-order valence-electron chi connectivity index (χ1n) is 6.34. The Labute approximate surface area is 131 Å². The summed E-state index contributed by atoms with van der Waals surface area (Å²) in [5, 5.41) is 0. The average molecular weight is 345 g/mol. The maximum atomic E-state index is 11.8. The van der Waals surface area contributed by atoms with Gasteiger partial charge in [-0.3, -0.25) is 4.79 Å². The molecule has 0 atom stereocenters. The molecule has 0 N–H and O–H groups in total. The fourth-order valence-corrected chi connectivity index (χ4v) is 1.90. The van der Waals surface area contributed by atoms with Crippen LogP contribution in [0, 0.1) is 0 Å². The third kappa shape index (κ3) is 5.00. The molecule has 2 aromatic carbocycles. The molecular formula is C17H13BrO3. The largest absolute Gasteiger partial charge is 0.458 e. The first-order valence-corrected chi connectivity index (χ1v) is 7.13. The molecule has 0 aliphatic carbocycles. The number of carbonyl (C=O) groups excluding carboxylic acids is 2. The molecule has 0 unspecified atom stereocenters. The molecule has 0 fully saturated rings. The lowest BCUT2D eigenvalue weighted by Gasteiger charge is -2.01. The monoisotopic (exact) mass is 344 g/mol. The van der Waals surface area contributed by atoms with Crippen molar-refractivity contribution in [3.8, 4) is 0 Å². The van der Waals surface area contributed by atoms with Crippen LogP contribution in [-0.2, 0) is 16.1 Å². The van der Waals surface area contributed by atoms with E-state index in [1.165, 1.54) is 6.08 Å². The lowest BCUT2D eigenvalue weighted by Crippen LogP contribution is -2.02. The molecule has 0 spiro atoms. The highest BCUT2D eigenvalue weighted by Crippen LogP contribution is 2.11. The zero-order chi connectivity index (χ0) is 15.1. The van der Waals surface area contributed by atoms with Crippen molar-refractivity contribution in [3.05, 3.63) is 82.3 Å². The average Bonchev–Trinajstić information content (AvgIpc) is 2.52. The number of ketones is 1. The third-order valence-electron chi connectivity index (χ3n) is 2.72. The molecule has 4 heteroatoms. The molecule has 0 aromatic heterocycles. The number of rotatable bonds is 5. The van der Waals surface area contributed by atoms with Crippen molar-refractivity contribution in [2.75, 3.05) is 0 Å². The third-order valence-corrected chi connectivity index (χ3v) is 3.25. The lowest BCUT2D eigenvalue weighted by atomic mass is 10.1. The SMILES string of the molecule is O=C(/C=C/C(=O)c1ccc(Br)cc1)OCc1ccccc1. The molecule has 106 valence electrons. The summed E-state index contributed by atoms with van der Waals surface area (Å²) >= 11 is 3.30. The Bertz CT molecular complexity index is 645. The molecule has 0 radical (unpaired) electrons. The van der Waals surface area contributed by atoms with E-state index >= 15 is 0 Å². The highest BCUT2D eigenvalue weighted by Gasteiger charge is 2.03. The van der Waals surface area contributed by atoms with Gasteiger partial charge in [0.15, 0.2) is 5.78 Å². The van der Waals surface area contributed by atoms with Gasteiger partial charge in [0.1, 0.15) is 6.61 Å². The van der Waals surface area contributed by atoms with Crippen LogP contribution in [0.15, 0.2) is 71.2 Å². The summed E-state index contributed by atoms with van der Waals surface area (Å²) in [6.45, 7) is 0.191. The summed E-state index contributed by atoms with van der Waals surface area (Å²) in [4.78, 5) is 23.4. The molecule has 0 aliphatic rings. The van der Waals surface area contributed by atoms with Gasteiger partial charge in [0, 0.05) is 16.1 Å². The van der Waals surface area contributed by atoms with Crippen LogP contribution in [0.4, 0.5) is 0 Å². The van der Waals surface area contributed by atoms with Gasteiger partial charge in [-0.15, -0.1) is 0 Å². The van der Waals surface area contributed by atoms with E-state index in [4.69, 9.17) is 4.74 Å². The number of halogens is 1. The number of hydrogen-bond acceptors (Lipinski definition) is 3. The van der Waals surface area contributed by atoms with E-state index in [9.17, 15) is 9.59 Å². The Kier molecular flexibility index (Phi) is 5.46. The number of carbonyl (C=O) groups is 2. The second-order valence-corrected chi connectivity index (χ2v) is 5.21. The minimum Gasteiger partial charge on any atom is -0.458 e. The van der Waals surface area contributed by atoms with Crippen molar-refractivity contribution < 1.29 is 14.3 Å². The lowest BCUT2D eigenvalue weighted by molar-refractivity contribution is -0.139. The Morgan fingerprint density at radius 3 is 2.29 bits per heavy atom. The van der Waals surface area contributed by atoms with Crippen LogP contribution in [0.25, 0.3) is 0 Å². The maximum Gasteiger partial charge on any atom is 0.331 e. The van der Waals surface area contributed by atoms with Crippen molar-refractivity contribution >= 4 is 27.7 Å². The van der Waals surface area contributed by atoms with Crippen LogP contribution in [0.1, 0.15) is 15.9 Å². The first kappa shape index (κ1) is 15.2. The van der Waals surface area contributed by atoms with Gasteiger partial charge in [0.05, 0.1) is 0 Å².